The van der Waals surface area contributed by atoms with Crippen molar-refractivity contribution in [2.24, 2.45) is 7.05 Å². The SMILES string of the molecule is CNC(=O)c1ccc(N)c(NC(C)c2nncn2C)c1. The first-order chi connectivity index (χ1) is 9.52. The van der Waals surface area contributed by atoms with Gasteiger partial charge in [-0.1, -0.05) is 0 Å². The van der Waals surface area contributed by atoms with Crippen LogP contribution in [0.4, 0.5) is 11.4 Å². The lowest BCUT2D eigenvalue weighted by molar-refractivity contribution is 0.0963. The number of rotatable bonds is 4. The Bertz CT molecular complexity index is 621. The molecular weight excluding hydrogens is 256 g/mol. The number of nitrogens with one attached hydrogen (secondary N) is 2. The van der Waals surface area contributed by atoms with Crippen molar-refractivity contribution >= 4 is 17.3 Å². The first-order valence-corrected chi connectivity index (χ1v) is 6.25. The highest BCUT2D eigenvalue weighted by atomic mass is 16.1. The summed E-state index contributed by atoms with van der Waals surface area (Å²) in [5.74, 6) is 0.633. The number of hydrogen-bond acceptors (Lipinski definition) is 5. The van der Waals surface area contributed by atoms with Crippen LogP contribution in [0, 0.1) is 0 Å². The lowest BCUT2D eigenvalue weighted by Gasteiger charge is -2.16. The Kier molecular flexibility index (Phi) is 3.88. The third-order valence-electron chi connectivity index (χ3n) is 3.05. The number of hydrogen-bond donors (Lipinski definition) is 3. The molecule has 0 saturated carbocycles. The average molecular weight is 274 g/mol. The molecule has 0 radical (unpaired) electrons. The fourth-order valence-corrected chi connectivity index (χ4v) is 1.95. The summed E-state index contributed by atoms with van der Waals surface area (Å²) in [4.78, 5) is 11.6. The molecule has 0 bridgehead atoms. The van der Waals surface area contributed by atoms with E-state index in [1.165, 1.54) is 0 Å². The van der Waals surface area contributed by atoms with Gasteiger partial charge >= 0.3 is 0 Å². The molecular formula is C13H18N6O. The van der Waals surface area contributed by atoms with Crippen molar-refractivity contribution in [3.05, 3.63) is 35.9 Å². The van der Waals surface area contributed by atoms with Crippen LogP contribution in [0.1, 0.15) is 29.1 Å². The number of carbonyl (C=O) groups excluding carboxylic acids is 1. The van der Waals surface area contributed by atoms with Crippen LogP contribution < -0.4 is 16.4 Å². The van der Waals surface area contributed by atoms with Gasteiger partial charge in [-0.15, -0.1) is 10.2 Å². The molecule has 1 amide bonds. The van der Waals surface area contributed by atoms with Crippen LogP contribution in [0.5, 0.6) is 0 Å². The lowest BCUT2D eigenvalue weighted by atomic mass is 10.1. The number of carbonyl (C=O) groups is 1. The minimum atomic E-state index is -0.153. The van der Waals surface area contributed by atoms with Gasteiger partial charge in [-0.2, -0.15) is 0 Å². The number of anilines is 2. The molecule has 106 valence electrons. The Labute approximate surface area is 117 Å². The lowest BCUT2D eigenvalue weighted by Crippen LogP contribution is -2.18. The summed E-state index contributed by atoms with van der Waals surface area (Å²) in [7, 11) is 3.46. The number of benzene rings is 1. The monoisotopic (exact) mass is 274 g/mol. The molecule has 20 heavy (non-hydrogen) atoms. The van der Waals surface area contributed by atoms with Crippen LogP contribution in [-0.2, 0) is 7.05 Å². The molecule has 1 heterocycles. The van der Waals surface area contributed by atoms with Gasteiger partial charge < -0.3 is 20.9 Å². The second-order valence-corrected chi connectivity index (χ2v) is 4.55. The summed E-state index contributed by atoms with van der Waals surface area (Å²) in [6, 6.07) is 5.04. The van der Waals surface area contributed by atoms with E-state index in [9.17, 15) is 4.79 Å². The Morgan fingerprint density at radius 2 is 2.20 bits per heavy atom. The second kappa shape index (κ2) is 5.60. The zero-order valence-corrected chi connectivity index (χ0v) is 11.7. The van der Waals surface area contributed by atoms with Gasteiger partial charge in [0.15, 0.2) is 5.82 Å². The van der Waals surface area contributed by atoms with E-state index in [0.29, 0.717) is 16.9 Å². The molecule has 4 N–H and O–H groups in total. The number of nitrogen functional groups attached to an aromatic ring is 1. The fraction of sp³-hybridized carbons (Fsp3) is 0.308. The summed E-state index contributed by atoms with van der Waals surface area (Å²) in [6.07, 6.45) is 1.64. The molecule has 0 aliphatic carbocycles. The van der Waals surface area contributed by atoms with Crippen LogP contribution >= 0.6 is 0 Å². The van der Waals surface area contributed by atoms with Crippen LogP contribution in [0.3, 0.4) is 0 Å². The molecule has 1 atom stereocenters. The van der Waals surface area contributed by atoms with Crippen molar-refractivity contribution in [2.75, 3.05) is 18.1 Å². The number of aryl methyl sites for hydroxylation is 1. The molecule has 7 heteroatoms. The average Bonchev–Trinajstić information content (AvgIpc) is 2.86. The first-order valence-electron chi connectivity index (χ1n) is 6.25. The fourth-order valence-electron chi connectivity index (χ4n) is 1.95. The molecule has 0 spiro atoms. The van der Waals surface area contributed by atoms with Crippen molar-refractivity contribution in [3.8, 4) is 0 Å². The van der Waals surface area contributed by atoms with Gasteiger partial charge in [0.1, 0.15) is 6.33 Å². The van der Waals surface area contributed by atoms with E-state index in [2.05, 4.69) is 20.8 Å². The topological polar surface area (TPSA) is 97.9 Å². The Morgan fingerprint density at radius 1 is 1.45 bits per heavy atom. The highest BCUT2D eigenvalue weighted by molar-refractivity contribution is 5.96. The third kappa shape index (κ3) is 2.71. The van der Waals surface area contributed by atoms with E-state index >= 15 is 0 Å². The second-order valence-electron chi connectivity index (χ2n) is 4.55. The molecule has 7 nitrogen and oxygen atoms in total. The largest absolute Gasteiger partial charge is 0.397 e. The number of nitrogens with zero attached hydrogens (tertiary/aromatic N) is 3. The number of nitrogens with two attached hydrogens (primary N) is 1. The van der Waals surface area contributed by atoms with Gasteiger partial charge in [0, 0.05) is 19.7 Å². The molecule has 1 aromatic carbocycles. The van der Waals surface area contributed by atoms with E-state index < -0.39 is 0 Å². The van der Waals surface area contributed by atoms with Gasteiger partial charge in [0.05, 0.1) is 17.4 Å². The van der Waals surface area contributed by atoms with E-state index in [0.717, 1.165) is 5.82 Å². The number of aromatic nitrogens is 3. The summed E-state index contributed by atoms with van der Waals surface area (Å²) < 4.78 is 1.83. The summed E-state index contributed by atoms with van der Waals surface area (Å²) >= 11 is 0. The smallest absolute Gasteiger partial charge is 0.251 e. The predicted molar refractivity (Wildman–Crippen MR) is 77.3 cm³/mol. The molecule has 0 fully saturated rings. The van der Waals surface area contributed by atoms with E-state index in [-0.39, 0.29) is 11.9 Å². The van der Waals surface area contributed by atoms with Crippen molar-refractivity contribution in [2.45, 2.75) is 13.0 Å². The Balaban J connectivity index is 2.24. The van der Waals surface area contributed by atoms with Crippen molar-refractivity contribution in [3.63, 3.8) is 0 Å². The molecule has 0 saturated heterocycles. The zero-order valence-electron chi connectivity index (χ0n) is 11.7. The Morgan fingerprint density at radius 3 is 2.80 bits per heavy atom. The maximum Gasteiger partial charge on any atom is 0.251 e. The summed E-state index contributed by atoms with van der Waals surface area (Å²) in [5.41, 5.74) is 7.76. The molecule has 1 aromatic heterocycles. The third-order valence-corrected chi connectivity index (χ3v) is 3.05. The highest BCUT2D eigenvalue weighted by Crippen LogP contribution is 2.24. The van der Waals surface area contributed by atoms with Gasteiger partial charge in [-0.05, 0) is 25.1 Å². The summed E-state index contributed by atoms with van der Waals surface area (Å²) in [6.45, 7) is 1.95. The van der Waals surface area contributed by atoms with Crippen LogP contribution in [0.15, 0.2) is 24.5 Å². The molecule has 1 unspecified atom stereocenters. The van der Waals surface area contributed by atoms with Crippen LogP contribution in [0.2, 0.25) is 0 Å². The standard InChI is InChI=1S/C13H18N6O/c1-8(12-18-16-7-19(12)3)17-11-6-9(13(20)15-2)4-5-10(11)14/h4-8,17H,14H2,1-3H3,(H,15,20). The van der Waals surface area contributed by atoms with E-state index in [1.54, 1.807) is 31.6 Å². The minimum Gasteiger partial charge on any atom is -0.397 e. The minimum absolute atomic E-state index is 0.0789. The van der Waals surface area contributed by atoms with Crippen molar-refractivity contribution < 1.29 is 4.79 Å². The van der Waals surface area contributed by atoms with E-state index in [4.69, 9.17) is 5.73 Å². The van der Waals surface area contributed by atoms with Gasteiger partial charge in [-0.3, -0.25) is 4.79 Å². The quantitative estimate of drug-likeness (QED) is 0.720. The van der Waals surface area contributed by atoms with Gasteiger partial charge in [-0.25, -0.2) is 0 Å². The molecule has 0 aliphatic heterocycles. The van der Waals surface area contributed by atoms with Crippen LogP contribution in [0.25, 0.3) is 0 Å². The van der Waals surface area contributed by atoms with Crippen molar-refractivity contribution in [1.82, 2.24) is 20.1 Å². The maximum atomic E-state index is 11.6. The predicted octanol–water partition coefficient (Wildman–Crippen LogP) is 0.930. The first kappa shape index (κ1) is 13.9. The van der Waals surface area contributed by atoms with Gasteiger partial charge in [0.2, 0.25) is 0 Å². The molecule has 0 aliphatic rings. The van der Waals surface area contributed by atoms with Crippen molar-refractivity contribution in [1.29, 1.82) is 0 Å². The highest BCUT2D eigenvalue weighted by Gasteiger charge is 2.13. The van der Waals surface area contributed by atoms with Gasteiger partial charge in [0.25, 0.3) is 5.91 Å². The number of amides is 1. The van der Waals surface area contributed by atoms with E-state index in [1.807, 2.05) is 18.5 Å². The van der Waals surface area contributed by atoms with Crippen LogP contribution in [-0.4, -0.2) is 27.7 Å². The maximum absolute atomic E-state index is 11.6. The summed E-state index contributed by atoms with van der Waals surface area (Å²) in [5, 5.41) is 13.7. The normalized spacial score (nSPS) is 11.9. The molecule has 2 rings (SSSR count). The zero-order chi connectivity index (χ0) is 14.7. The Hall–Kier alpha value is -2.57. The molecule has 2 aromatic rings.